The Morgan fingerprint density at radius 2 is 2.06 bits per heavy atom. The maximum Gasteiger partial charge on any atom is 0.219 e. The Morgan fingerprint density at radius 1 is 1.44 bits per heavy atom. The Morgan fingerprint density at radius 3 is 2.50 bits per heavy atom. The van der Waals surface area contributed by atoms with E-state index in [1.165, 1.54) is 6.42 Å². The molecule has 3 N–H and O–H groups in total. The van der Waals surface area contributed by atoms with Crippen LogP contribution in [0.5, 0.6) is 0 Å². The van der Waals surface area contributed by atoms with E-state index in [0.717, 1.165) is 19.4 Å². The lowest BCUT2D eigenvalue weighted by molar-refractivity contribution is -0.120. The smallest absolute Gasteiger partial charge is 0.219 e. The van der Waals surface area contributed by atoms with Gasteiger partial charge in [0, 0.05) is 12.0 Å². The molecule has 1 amide bonds. The van der Waals surface area contributed by atoms with E-state index in [9.17, 15) is 4.79 Å². The van der Waals surface area contributed by atoms with E-state index in [2.05, 4.69) is 33.0 Å². The molecule has 0 bridgehead atoms. The monoisotopic (exact) mass is 226 g/mol. The molecular weight excluding hydrogens is 200 g/mol. The Labute approximate surface area is 99.2 Å². The molecule has 2 unspecified atom stereocenters. The molecule has 0 radical (unpaired) electrons. The molecule has 0 aromatic heterocycles. The fraction of sp³-hybridized carbons (Fsp3) is 0.923. The van der Waals surface area contributed by atoms with Gasteiger partial charge in [-0.05, 0) is 37.1 Å². The lowest BCUT2D eigenvalue weighted by Gasteiger charge is -2.48. The summed E-state index contributed by atoms with van der Waals surface area (Å²) in [6.45, 7) is 9.84. The third-order valence-corrected chi connectivity index (χ3v) is 3.52. The number of amides is 1. The van der Waals surface area contributed by atoms with Crippen molar-refractivity contribution in [1.29, 1.82) is 0 Å². The van der Waals surface area contributed by atoms with Crippen LogP contribution >= 0.6 is 0 Å². The van der Waals surface area contributed by atoms with E-state index in [1.807, 2.05) is 0 Å². The second kappa shape index (κ2) is 4.74. The van der Waals surface area contributed by atoms with Crippen LogP contribution < -0.4 is 11.1 Å². The van der Waals surface area contributed by atoms with Crippen molar-refractivity contribution in [1.82, 2.24) is 5.32 Å². The highest BCUT2D eigenvalue weighted by Gasteiger charge is 2.43. The van der Waals surface area contributed by atoms with Gasteiger partial charge in [-0.3, -0.25) is 4.79 Å². The zero-order chi connectivity index (χ0) is 12.4. The van der Waals surface area contributed by atoms with Crippen molar-refractivity contribution in [2.75, 3.05) is 6.54 Å². The topological polar surface area (TPSA) is 55.1 Å². The number of nitrogens with one attached hydrogen (secondary N) is 1. The molecule has 1 fully saturated rings. The molecule has 0 heterocycles. The van der Waals surface area contributed by atoms with Gasteiger partial charge in [-0.25, -0.2) is 0 Å². The van der Waals surface area contributed by atoms with Crippen LogP contribution in [0.2, 0.25) is 0 Å². The van der Waals surface area contributed by atoms with Gasteiger partial charge in [-0.2, -0.15) is 0 Å². The minimum absolute atomic E-state index is 0.0677. The maximum atomic E-state index is 11.2. The van der Waals surface area contributed by atoms with Crippen LogP contribution in [0.15, 0.2) is 0 Å². The average Bonchev–Trinajstić information content (AvgIpc) is 1.96. The van der Waals surface area contributed by atoms with Crippen molar-refractivity contribution in [2.45, 2.75) is 58.9 Å². The fourth-order valence-electron chi connectivity index (χ4n) is 3.78. The molecule has 2 atom stereocenters. The highest BCUT2D eigenvalue weighted by atomic mass is 16.1. The lowest BCUT2D eigenvalue weighted by Crippen LogP contribution is -2.54. The summed E-state index contributed by atoms with van der Waals surface area (Å²) in [7, 11) is 0. The zero-order valence-electron chi connectivity index (χ0n) is 11.1. The summed E-state index contributed by atoms with van der Waals surface area (Å²) in [5.41, 5.74) is 5.63. The van der Waals surface area contributed by atoms with E-state index in [-0.39, 0.29) is 11.4 Å². The molecule has 1 rings (SSSR count). The highest BCUT2D eigenvalue weighted by molar-refractivity contribution is 5.75. The number of hydrogen-bond donors (Lipinski definition) is 2. The molecule has 16 heavy (non-hydrogen) atoms. The summed E-state index contributed by atoms with van der Waals surface area (Å²) in [6.07, 6.45) is 3.81. The molecule has 0 aromatic rings. The van der Waals surface area contributed by atoms with Gasteiger partial charge in [0.25, 0.3) is 0 Å². The van der Waals surface area contributed by atoms with Crippen LogP contribution in [0, 0.1) is 11.3 Å². The summed E-state index contributed by atoms with van der Waals surface area (Å²) in [5, 5.41) is 3.51. The van der Waals surface area contributed by atoms with Crippen LogP contribution in [-0.4, -0.2) is 18.0 Å². The van der Waals surface area contributed by atoms with Crippen molar-refractivity contribution in [3.63, 3.8) is 0 Å². The largest absolute Gasteiger partial charge is 0.370 e. The standard InChI is InChI=1S/C13H26N2O/c1-5-15-13(8-11(14)16)7-10(2)6-12(3,4)9-13/h10,15H,5-9H2,1-4H3,(H2,14,16). The van der Waals surface area contributed by atoms with Crippen molar-refractivity contribution >= 4 is 5.91 Å². The Bertz CT molecular complexity index is 263. The molecule has 0 spiro atoms. The minimum Gasteiger partial charge on any atom is -0.370 e. The van der Waals surface area contributed by atoms with Crippen molar-refractivity contribution < 1.29 is 4.79 Å². The highest BCUT2D eigenvalue weighted by Crippen LogP contribution is 2.45. The van der Waals surface area contributed by atoms with Gasteiger partial charge in [-0.1, -0.05) is 27.7 Å². The molecule has 1 saturated carbocycles. The number of carbonyl (C=O) groups is 1. The van der Waals surface area contributed by atoms with E-state index in [4.69, 9.17) is 5.73 Å². The van der Waals surface area contributed by atoms with Gasteiger partial charge >= 0.3 is 0 Å². The number of nitrogens with two attached hydrogens (primary N) is 1. The number of hydrogen-bond acceptors (Lipinski definition) is 2. The first-order chi connectivity index (χ1) is 7.29. The van der Waals surface area contributed by atoms with Crippen LogP contribution in [0.4, 0.5) is 0 Å². The van der Waals surface area contributed by atoms with E-state index >= 15 is 0 Å². The van der Waals surface area contributed by atoms with Gasteiger partial charge in [0.2, 0.25) is 5.91 Å². The number of rotatable bonds is 4. The second-order valence-electron chi connectivity index (χ2n) is 6.31. The van der Waals surface area contributed by atoms with Gasteiger partial charge in [0.1, 0.15) is 0 Å². The zero-order valence-corrected chi connectivity index (χ0v) is 11.1. The first-order valence-electron chi connectivity index (χ1n) is 6.32. The summed E-state index contributed by atoms with van der Waals surface area (Å²) in [5.74, 6) is 0.466. The molecular formula is C13H26N2O. The molecule has 1 aliphatic rings. The molecule has 3 nitrogen and oxygen atoms in total. The summed E-state index contributed by atoms with van der Waals surface area (Å²) in [4.78, 5) is 11.2. The third-order valence-electron chi connectivity index (χ3n) is 3.52. The summed E-state index contributed by atoms with van der Waals surface area (Å²) < 4.78 is 0. The maximum absolute atomic E-state index is 11.2. The number of primary amides is 1. The summed E-state index contributed by atoms with van der Waals surface area (Å²) in [6, 6.07) is 0. The van der Waals surface area contributed by atoms with Crippen LogP contribution in [0.1, 0.15) is 53.4 Å². The Hall–Kier alpha value is -0.570. The summed E-state index contributed by atoms with van der Waals surface area (Å²) >= 11 is 0. The quantitative estimate of drug-likeness (QED) is 0.771. The van der Waals surface area contributed by atoms with Crippen LogP contribution in [-0.2, 0) is 4.79 Å². The predicted molar refractivity (Wildman–Crippen MR) is 67.0 cm³/mol. The first kappa shape index (κ1) is 13.5. The number of carbonyl (C=O) groups excluding carboxylic acids is 1. The van der Waals surface area contributed by atoms with Crippen molar-refractivity contribution in [3.8, 4) is 0 Å². The molecule has 1 aliphatic carbocycles. The first-order valence-corrected chi connectivity index (χ1v) is 6.32. The molecule has 0 aliphatic heterocycles. The lowest BCUT2D eigenvalue weighted by atomic mass is 9.63. The van der Waals surface area contributed by atoms with Gasteiger partial charge in [-0.15, -0.1) is 0 Å². The van der Waals surface area contributed by atoms with Crippen molar-refractivity contribution in [2.24, 2.45) is 17.1 Å². The molecule has 94 valence electrons. The van der Waals surface area contributed by atoms with Crippen molar-refractivity contribution in [3.05, 3.63) is 0 Å². The van der Waals surface area contributed by atoms with Gasteiger partial charge < -0.3 is 11.1 Å². The third kappa shape index (κ3) is 3.48. The normalized spacial score (nSPS) is 33.6. The fourth-order valence-corrected chi connectivity index (χ4v) is 3.78. The van der Waals surface area contributed by atoms with E-state index < -0.39 is 0 Å². The molecule has 0 saturated heterocycles. The Kier molecular flexibility index (Phi) is 4.00. The van der Waals surface area contributed by atoms with E-state index in [1.54, 1.807) is 0 Å². The predicted octanol–water partition coefficient (Wildman–Crippen LogP) is 2.06. The Balaban J connectivity index is 2.86. The minimum atomic E-state index is -0.189. The average molecular weight is 226 g/mol. The van der Waals surface area contributed by atoms with Gasteiger partial charge in [0.05, 0.1) is 0 Å². The van der Waals surface area contributed by atoms with Crippen LogP contribution in [0.25, 0.3) is 0 Å². The SMILES string of the molecule is CCNC1(CC(N)=O)CC(C)CC(C)(C)C1. The molecule has 0 aromatic carbocycles. The molecule has 3 heteroatoms. The van der Waals surface area contributed by atoms with Crippen LogP contribution in [0.3, 0.4) is 0 Å². The van der Waals surface area contributed by atoms with E-state index in [0.29, 0.717) is 17.8 Å². The second-order valence-corrected chi connectivity index (χ2v) is 6.31. The van der Waals surface area contributed by atoms with Gasteiger partial charge in [0.15, 0.2) is 0 Å².